The molecular formula is C17H20ClNO. The SMILES string of the molecule is CCNC(C)c1cc(Cl)ccc1OCc1ccccc1. The lowest BCUT2D eigenvalue weighted by atomic mass is 10.1. The monoisotopic (exact) mass is 289 g/mol. The van der Waals surface area contributed by atoms with Crippen LogP contribution >= 0.6 is 11.6 Å². The van der Waals surface area contributed by atoms with Crippen LogP contribution in [0.4, 0.5) is 0 Å². The van der Waals surface area contributed by atoms with Gasteiger partial charge in [-0.25, -0.2) is 0 Å². The molecule has 0 heterocycles. The van der Waals surface area contributed by atoms with Crippen LogP contribution < -0.4 is 10.1 Å². The van der Waals surface area contributed by atoms with E-state index in [1.807, 2.05) is 36.4 Å². The van der Waals surface area contributed by atoms with Gasteiger partial charge in [0.15, 0.2) is 0 Å². The first-order valence-electron chi connectivity index (χ1n) is 6.90. The Kier molecular flexibility index (Phi) is 5.45. The molecule has 1 atom stereocenters. The topological polar surface area (TPSA) is 21.3 Å². The molecule has 0 bridgehead atoms. The van der Waals surface area contributed by atoms with E-state index >= 15 is 0 Å². The highest BCUT2D eigenvalue weighted by Crippen LogP contribution is 2.29. The smallest absolute Gasteiger partial charge is 0.124 e. The maximum absolute atomic E-state index is 6.09. The summed E-state index contributed by atoms with van der Waals surface area (Å²) in [5, 5.41) is 4.12. The number of ether oxygens (including phenoxy) is 1. The van der Waals surface area contributed by atoms with Gasteiger partial charge in [-0.1, -0.05) is 48.9 Å². The molecule has 20 heavy (non-hydrogen) atoms. The van der Waals surface area contributed by atoms with E-state index < -0.39 is 0 Å². The average Bonchev–Trinajstić information content (AvgIpc) is 2.47. The standard InChI is InChI=1S/C17H20ClNO/c1-3-19-13(2)16-11-15(18)9-10-17(16)20-12-14-7-5-4-6-8-14/h4-11,13,19H,3,12H2,1-2H3. The number of hydrogen-bond donors (Lipinski definition) is 1. The first kappa shape index (κ1) is 14.9. The highest BCUT2D eigenvalue weighted by molar-refractivity contribution is 6.30. The fourth-order valence-corrected chi connectivity index (χ4v) is 2.32. The molecule has 2 rings (SSSR count). The Balaban J connectivity index is 2.14. The van der Waals surface area contributed by atoms with Crippen LogP contribution in [0.2, 0.25) is 5.02 Å². The van der Waals surface area contributed by atoms with Crippen LogP contribution in [-0.2, 0) is 6.61 Å². The fraction of sp³-hybridized carbons (Fsp3) is 0.294. The van der Waals surface area contributed by atoms with Gasteiger partial charge in [-0.15, -0.1) is 0 Å². The summed E-state index contributed by atoms with van der Waals surface area (Å²) in [4.78, 5) is 0. The van der Waals surface area contributed by atoms with Gasteiger partial charge in [0, 0.05) is 16.6 Å². The molecular weight excluding hydrogens is 270 g/mol. The molecule has 1 N–H and O–H groups in total. The van der Waals surface area contributed by atoms with Crippen molar-refractivity contribution in [2.45, 2.75) is 26.5 Å². The molecule has 3 heteroatoms. The van der Waals surface area contributed by atoms with E-state index in [9.17, 15) is 0 Å². The Hall–Kier alpha value is -1.51. The normalized spacial score (nSPS) is 12.2. The second-order valence-corrected chi connectivity index (χ2v) is 5.17. The summed E-state index contributed by atoms with van der Waals surface area (Å²) in [6, 6.07) is 16.1. The summed E-state index contributed by atoms with van der Waals surface area (Å²) in [7, 11) is 0. The van der Waals surface area contributed by atoms with Gasteiger partial charge in [-0.05, 0) is 37.2 Å². The minimum absolute atomic E-state index is 0.212. The molecule has 2 aromatic carbocycles. The van der Waals surface area contributed by atoms with Crippen LogP contribution in [0.25, 0.3) is 0 Å². The van der Waals surface area contributed by atoms with E-state index in [2.05, 4.69) is 31.3 Å². The molecule has 0 aliphatic heterocycles. The Labute approximate surface area is 125 Å². The van der Waals surface area contributed by atoms with Gasteiger partial charge in [0.2, 0.25) is 0 Å². The van der Waals surface area contributed by atoms with Crippen LogP contribution in [0.5, 0.6) is 5.75 Å². The van der Waals surface area contributed by atoms with E-state index in [1.165, 1.54) is 0 Å². The third kappa shape index (κ3) is 3.99. The molecule has 0 fully saturated rings. The summed E-state index contributed by atoms with van der Waals surface area (Å²) < 4.78 is 5.95. The zero-order valence-electron chi connectivity index (χ0n) is 11.9. The first-order chi connectivity index (χ1) is 9.70. The lowest BCUT2D eigenvalue weighted by Gasteiger charge is -2.18. The maximum Gasteiger partial charge on any atom is 0.124 e. The van der Waals surface area contributed by atoms with Crippen LogP contribution in [0.15, 0.2) is 48.5 Å². The van der Waals surface area contributed by atoms with Crippen LogP contribution in [0.1, 0.15) is 31.0 Å². The van der Waals surface area contributed by atoms with Crippen molar-refractivity contribution in [1.29, 1.82) is 0 Å². The van der Waals surface area contributed by atoms with Crippen molar-refractivity contribution in [2.75, 3.05) is 6.54 Å². The Bertz CT molecular complexity index is 542. The molecule has 2 aromatic rings. The summed E-state index contributed by atoms with van der Waals surface area (Å²) in [5.74, 6) is 0.881. The molecule has 0 spiro atoms. The van der Waals surface area contributed by atoms with Crippen molar-refractivity contribution >= 4 is 11.6 Å². The van der Waals surface area contributed by atoms with Crippen molar-refractivity contribution in [2.24, 2.45) is 0 Å². The van der Waals surface area contributed by atoms with Gasteiger partial charge in [0.1, 0.15) is 12.4 Å². The largest absolute Gasteiger partial charge is 0.489 e. The number of benzene rings is 2. The Morgan fingerprint density at radius 1 is 1.15 bits per heavy atom. The van der Waals surface area contributed by atoms with Gasteiger partial charge >= 0.3 is 0 Å². The lowest BCUT2D eigenvalue weighted by molar-refractivity contribution is 0.300. The molecule has 0 amide bonds. The molecule has 106 valence electrons. The number of rotatable bonds is 6. The second kappa shape index (κ2) is 7.32. The van der Waals surface area contributed by atoms with E-state index in [4.69, 9.17) is 16.3 Å². The highest BCUT2D eigenvalue weighted by atomic mass is 35.5. The quantitative estimate of drug-likeness (QED) is 0.840. The van der Waals surface area contributed by atoms with Gasteiger partial charge < -0.3 is 10.1 Å². The minimum Gasteiger partial charge on any atom is -0.489 e. The van der Waals surface area contributed by atoms with E-state index in [-0.39, 0.29) is 6.04 Å². The molecule has 0 aliphatic carbocycles. The molecule has 1 unspecified atom stereocenters. The molecule has 0 saturated carbocycles. The first-order valence-corrected chi connectivity index (χ1v) is 7.28. The lowest BCUT2D eigenvalue weighted by Crippen LogP contribution is -2.18. The average molecular weight is 290 g/mol. The fourth-order valence-electron chi connectivity index (χ4n) is 2.14. The third-order valence-electron chi connectivity index (χ3n) is 3.19. The van der Waals surface area contributed by atoms with Crippen molar-refractivity contribution in [1.82, 2.24) is 5.32 Å². The summed E-state index contributed by atoms with van der Waals surface area (Å²) in [6.07, 6.45) is 0. The molecule has 0 radical (unpaired) electrons. The van der Waals surface area contributed by atoms with Crippen molar-refractivity contribution in [3.8, 4) is 5.75 Å². The summed E-state index contributed by atoms with van der Waals surface area (Å²) in [5.41, 5.74) is 2.25. The predicted molar refractivity (Wildman–Crippen MR) is 84.3 cm³/mol. The summed E-state index contributed by atoms with van der Waals surface area (Å²) >= 11 is 6.09. The molecule has 0 aliphatic rings. The molecule has 0 aromatic heterocycles. The van der Waals surface area contributed by atoms with Crippen LogP contribution in [0, 0.1) is 0 Å². The Morgan fingerprint density at radius 3 is 2.60 bits per heavy atom. The van der Waals surface area contributed by atoms with Crippen LogP contribution in [-0.4, -0.2) is 6.54 Å². The zero-order valence-corrected chi connectivity index (χ0v) is 12.7. The molecule has 0 saturated heterocycles. The van der Waals surface area contributed by atoms with Crippen molar-refractivity contribution in [3.63, 3.8) is 0 Å². The van der Waals surface area contributed by atoms with Gasteiger partial charge in [-0.3, -0.25) is 0 Å². The van der Waals surface area contributed by atoms with Crippen molar-refractivity contribution < 1.29 is 4.74 Å². The van der Waals surface area contributed by atoms with Crippen LogP contribution in [0.3, 0.4) is 0 Å². The molecule has 2 nitrogen and oxygen atoms in total. The predicted octanol–water partition coefficient (Wildman–Crippen LogP) is 4.59. The maximum atomic E-state index is 6.09. The van der Waals surface area contributed by atoms with Gasteiger partial charge in [0.25, 0.3) is 0 Å². The zero-order chi connectivity index (χ0) is 14.4. The third-order valence-corrected chi connectivity index (χ3v) is 3.42. The van der Waals surface area contributed by atoms with Gasteiger partial charge in [0.05, 0.1) is 0 Å². The second-order valence-electron chi connectivity index (χ2n) is 4.74. The van der Waals surface area contributed by atoms with E-state index in [0.717, 1.165) is 28.4 Å². The minimum atomic E-state index is 0.212. The van der Waals surface area contributed by atoms with Gasteiger partial charge in [-0.2, -0.15) is 0 Å². The number of halogens is 1. The van der Waals surface area contributed by atoms with E-state index in [0.29, 0.717) is 6.61 Å². The number of hydrogen-bond acceptors (Lipinski definition) is 2. The van der Waals surface area contributed by atoms with E-state index in [1.54, 1.807) is 0 Å². The number of nitrogens with one attached hydrogen (secondary N) is 1. The highest BCUT2D eigenvalue weighted by Gasteiger charge is 2.11. The summed E-state index contributed by atoms with van der Waals surface area (Å²) in [6.45, 7) is 5.68. The van der Waals surface area contributed by atoms with Crippen molar-refractivity contribution in [3.05, 3.63) is 64.7 Å². The Morgan fingerprint density at radius 2 is 1.90 bits per heavy atom.